The molecular formula is C20H35IN6. The van der Waals surface area contributed by atoms with Crippen LogP contribution in [0.5, 0.6) is 0 Å². The van der Waals surface area contributed by atoms with E-state index in [4.69, 9.17) is 0 Å². The molecule has 2 fully saturated rings. The maximum Gasteiger partial charge on any atom is 0.191 e. The summed E-state index contributed by atoms with van der Waals surface area (Å²) in [5.74, 6) is 2.86. The molecule has 3 rings (SSSR count). The molecule has 1 aliphatic carbocycles. The zero-order valence-corrected chi connectivity index (χ0v) is 19.3. The summed E-state index contributed by atoms with van der Waals surface area (Å²) in [6.45, 7) is 7.41. The van der Waals surface area contributed by atoms with E-state index in [1.165, 1.54) is 31.2 Å². The van der Waals surface area contributed by atoms with Gasteiger partial charge in [0.25, 0.3) is 0 Å². The summed E-state index contributed by atoms with van der Waals surface area (Å²) in [6.07, 6.45) is 7.03. The number of likely N-dealkylation sites (N-methyl/N-ethyl adjacent to an activating group) is 1. The minimum absolute atomic E-state index is 0. The highest BCUT2D eigenvalue weighted by Gasteiger charge is 2.19. The van der Waals surface area contributed by atoms with Crippen LogP contribution in [0, 0.1) is 5.92 Å². The van der Waals surface area contributed by atoms with E-state index >= 15 is 0 Å². The Morgan fingerprint density at radius 1 is 1.19 bits per heavy atom. The van der Waals surface area contributed by atoms with Crippen molar-refractivity contribution >= 4 is 35.8 Å². The van der Waals surface area contributed by atoms with Crippen molar-refractivity contribution in [2.45, 2.75) is 45.2 Å². The van der Waals surface area contributed by atoms with E-state index in [9.17, 15) is 0 Å². The van der Waals surface area contributed by atoms with Gasteiger partial charge in [0.15, 0.2) is 5.96 Å². The molecule has 6 nitrogen and oxygen atoms in total. The Morgan fingerprint density at radius 2 is 1.89 bits per heavy atom. The lowest BCUT2D eigenvalue weighted by Crippen LogP contribution is -2.45. The van der Waals surface area contributed by atoms with Crippen LogP contribution in [0.1, 0.15) is 38.2 Å². The Hall–Kier alpha value is -1.09. The molecule has 2 N–H and O–H groups in total. The summed E-state index contributed by atoms with van der Waals surface area (Å²) in [5, 5.41) is 7.05. The van der Waals surface area contributed by atoms with Gasteiger partial charge in [0.2, 0.25) is 0 Å². The van der Waals surface area contributed by atoms with Gasteiger partial charge in [0.05, 0.1) is 0 Å². The number of nitrogens with one attached hydrogen (secondary N) is 2. The number of hydrogen-bond acceptors (Lipinski definition) is 4. The highest BCUT2D eigenvalue weighted by molar-refractivity contribution is 14.0. The maximum absolute atomic E-state index is 4.57. The molecule has 2 heterocycles. The van der Waals surface area contributed by atoms with Crippen LogP contribution in [-0.4, -0.2) is 62.2 Å². The number of pyridine rings is 1. The van der Waals surface area contributed by atoms with Crippen molar-refractivity contribution in [2.24, 2.45) is 10.9 Å². The van der Waals surface area contributed by atoms with Crippen LogP contribution in [0.2, 0.25) is 0 Å². The Bertz CT molecular complexity index is 592. The molecule has 1 aromatic heterocycles. The van der Waals surface area contributed by atoms with E-state index in [1.54, 1.807) is 0 Å². The third kappa shape index (κ3) is 6.78. The second kappa shape index (κ2) is 11.0. The Kier molecular flexibility index (Phi) is 9.08. The number of nitrogens with zero attached hydrogens (tertiary/aromatic N) is 4. The minimum Gasteiger partial charge on any atom is -0.354 e. The lowest BCUT2D eigenvalue weighted by atomic mass is 9.87. The van der Waals surface area contributed by atoms with Gasteiger partial charge in [-0.3, -0.25) is 4.99 Å². The van der Waals surface area contributed by atoms with Gasteiger partial charge in [0.1, 0.15) is 5.82 Å². The molecule has 1 saturated carbocycles. The average molecular weight is 486 g/mol. The van der Waals surface area contributed by atoms with Crippen molar-refractivity contribution in [3.8, 4) is 0 Å². The molecule has 0 bridgehead atoms. The number of hydrogen-bond donors (Lipinski definition) is 2. The van der Waals surface area contributed by atoms with Crippen LogP contribution in [0.4, 0.5) is 5.82 Å². The second-order valence-corrected chi connectivity index (χ2v) is 7.84. The molecular weight excluding hydrogens is 451 g/mol. The third-order valence-electron chi connectivity index (χ3n) is 5.68. The van der Waals surface area contributed by atoms with E-state index in [0.717, 1.165) is 50.4 Å². The average Bonchev–Trinajstić information content (AvgIpc) is 2.67. The van der Waals surface area contributed by atoms with E-state index in [2.05, 4.69) is 56.5 Å². The molecule has 0 aromatic carbocycles. The number of halogens is 1. The molecule has 1 aromatic rings. The lowest BCUT2D eigenvalue weighted by molar-refractivity contribution is 0.312. The van der Waals surface area contributed by atoms with Crippen molar-refractivity contribution in [3.63, 3.8) is 0 Å². The van der Waals surface area contributed by atoms with Gasteiger partial charge in [0, 0.05) is 52.0 Å². The standard InChI is InChI=1S/C20H34N6.HI/c1-16-4-6-18(7-5-16)24-20(21-2)23-15-17-8-9-22-19(14-17)26-12-10-25(3)11-13-26;/h8-9,14,16,18H,4-7,10-13,15H2,1-3H3,(H2,21,23,24);1H. The molecule has 0 unspecified atom stereocenters. The first-order chi connectivity index (χ1) is 12.6. The Morgan fingerprint density at radius 3 is 2.56 bits per heavy atom. The summed E-state index contributed by atoms with van der Waals surface area (Å²) in [6, 6.07) is 4.84. The number of aromatic nitrogens is 1. The largest absolute Gasteiger partial charge is 0.354 e. The predicted octanol–water partition coefficient (Wildman–Crippen LogP) is 2.70. The third-order valence-corrected chi connectivity index (χ3v) is 5.68. The van der Waals surface area contributed by atoms with Crippen LogP contribution in [0.3, 0.4) is 0 Å². The van der Waals surface area contributed by atoms with Crippen molar-refractivity contribution < 1.29 is 0 Å². The minimum atomic E-state index is 0. The molecule has 0 spiro atoms. The van der Waals surface area contributed by atoms with Gasteiger partial charge in [-0.2, -0.15) is 0 Å². The fourth-order valence-corrected chi connectivity index (χ4v) is 3.76. The van der Waals surface area contributed by atoms with E-state index < -0.39 is 0 Å². The van der Waals surface area contributed by atoms with Crippen LogP contribution < -0.4 is 15.5 Å². The summed E-state index contributed by atoms with van der Waals surface area (Å²) in [5.41, 5.74) is 1.24. The van der Waals surface area contributed by atoms with Crippen molar-refractivity contribution in [1.82, 2.24) is 20.5 Å². The van der Waals surface area contributed by atoms with Crippen LogP contribution in [0.15, 0.2) is 23.3 Å². The quantitative estimate of drug-likeness (QED) is 0.390. The molecule has 0 amide bonds. The highest BCUT2D eigenvalue weighted by atomic mass is 127. The first kappa shape index (κ1) is 22.2. The second-order valence-electron chi connectivity index (χ2n) is 7.84. The summed E-state index contributed by atoms with van der Waals surface area (Å²) in [7, 11) is 4.03. The number of aliphatic imine (C=N–C) groups is 1. The monoisotopic (exact) mass is 486 g/mol. The summed E-state index contributed by atoms with van der Waals surface area (Å²) < 4.78 is 0. The van der Waals surface area contributed by atoms with Crippen LogP contribution in [-0.2, 0) is 6.54 Å². The number of guanidine groups is 1. The topological polar surface area (TPSA) is 55.8 Å². The first-order valence-electron chi connectivity index (χ1n) is 9.99. The Balaban J connectivity index is 0.00000261. The zero-order chi connectivity index (χ0) is 18.4. The lowest BCUT2D eigenvalue weighted by Gasteiger charge is -2.33. The van der Waals surface area contributed by atoms with Crippen molar-refractivity contribution in [1.29, 1.82) is 0 Å². The maximum atomic E-state index is 4.57. The van der Waals surface area contributed by atoms with E-state index in [-0.39, 0.29) is 24.0 Å². The van der Waals surface area contributed by atoms with Gasteiger partial charge in [-0.25, -0.2) is 4.98 Å². The fourth-order valence-electron chi connectivity index (χ4n) is 3.76. The van der Waals surface area contributed by atoms with Gasteiger partial charge >= 0.3 is 0 Å². The predicted molar refractivity (Wildman–Crippen MR) is 124 cm³/mol. The molecule has 0 radical (unpaired) electrons. The van der Waals surface area contributed by atoms with E-state index in [0.29, 0.717) is 6.04 Å². The van der Waals surface area contributed by atoms with Gasteiger partial charge < -0.3 is 20.4 Å². The zero-order valence-electron chi connectivity index (χ0n) is 16.9. The van der Waals surface area contributed by atoms with E-state index in [1.807, 2.05) is 13.2 Å². The molecule has 1 saturated heterocycles. The first-order valence-corrected chi connectivity index (χ1v) is 9.99. The van der Waals surface area contributed by atoms with Crippen molar-refractivity contribution in [3.05, 3.63) is 23.9 Å². The van der Waals surface area contributed by atoms with Crippen molar-refractivity contribution in [2.75, 3.05) is 45.2 Å². The summed E-state index contributed by atoms with van der Waals surface area (Å²) >= 11 is 0. The van der Waals surface area contributed by atoms with Crippen LogP contribution in [0.25, 0.3) is 0 Å². The number of rotatable bonds is 4. The molecule has 1 aliphatic heterocycles. The molecule has 27 heavy (non-hydrogen) atoms. The van der Waals surface area contributed by atoms with Crippen LogP contribution >= 0.6 is 24.0 Å². The number of piperazine rings is 1. The highest BCUT2D eigenvalue weighted by Crippen LogP contribution is 2.23. The SMILES string of the molecule is CN=C(NCc1ccnc(N2CCN(C)CC2)c1)NC1CCC(C)CC1.I. The molecule has 0 atom stereocenters. The van der Waals surface area contributed by atoms with Gasteiger partial charge in [-0.1, -0.05) is 6.92 Å². The Labute approximate surface area is 181 Å². The molecule has 2 aliphatic rings. The van der Waals surface area contributed by atoms with Gasteiger partial charge in [-0.15, -0.1) is 24.0 Å². The smallest absolute Gasteiger partial charge is 0.191 e. The normalized spacial score (nSPS) is 24.3. The molecule has 7 heteroatoms. The van der Waals surface area contributed by atoms with Gasteiger partial charge in [-0.05, 0) is 56.3 Å². The number of anilines is 1. The fraction of sp³-hybridized carbons (Fsp3) is 0.700. The molecule has 152 valence electrons. The summed E-state index contributed by atoms with van der Waals surface area (Å²) in [4.78, 5) is 13.7.